The van der Waals surface area contributed by atoms with Crippen molar-refractivity contribution < 1.29 is 13.9 Å². The number of carbonyl (C=O) groups is 1. The number of nitrogens with one attached hydrogen (secondary N) is 1. The van der Waals surface area contributed by atoms with Crippen LogP contribution in [0.3, 0.4) is 0 Å². The number of aryl methyl sites for hydroxylation is 2. The molecule has 0 saturated carbocycles. The molecule has 158 valence electrons. The lowest BCUT2D eigenvalue weighted by molar-refractivity contribution is 0.101. The predicted octanol–water partition coefficient (Wildman–Crippen LogP) is 3.57. The minimum Gasteiger partial charge on any atom is -0.471 e. The Balaban J connectivity index is 1.34. The number of amides is 1. The number of hydrogen-bond donors (Lipinski definition) is 1. The predicted molar refractivity (Wildman–Crippen MR) is 112 cm³/mol. The number of halogens is 1. The SMILES string of the molecule is Cc1ccc(C)c(OCn2ccc(C(=O)Nc3ncn(Cc4ccc(F)cc4)n3)n2)c1. The summed E-state index contributed by atoms with van der Waals surface area (Å²) in [6.45, 7) is 4.56. The highest BCUT2D eigenvalue weighted by Crippen LogP contribution is 2.19. The van der Waals surface area contributed by atoms with Gasteiger partial charge >= 0.3 is 0 Å². The molecule has 1 amide bonds. The molecule has 4 aromatic rings. The molecule has 0 unspecified atom stereocenters. The van der Waals surface area contributed by atoms with E-state index in [1.165, 1.54) is 23.1 Å². The molecular formula is C22H21FN6O2. The van der Waals surface area contributed by atoms with Crippen LogP contribution in [0.2, 0.25) is 0 Å². The summed E-state index contributed by atoms with van der Waals surface area (Å²) >= 11 is 0. The molecule has 2 heterocycles. The van der Waals surface area contributed by atoms with Crippen LogP contribution < -0.4 is 10.1 Å². The Labute approximate surface area is 178 Å². The van der Waals surface area contributed by atoms with Crippen LogP contribution in [-0.2, 0) is 13.3 Å². The van der Waals surface area contributed by atoms with Crippen molar-refractivity contribution in [3.63, 3.8) is 0 Å². The number of benzene rings is 2. The molecule has 0 fully saturated rings. The van der Waals surface area contributed by atoms with Crippen LogP contribution in [0, 0.1) is 19.7 Å². The molecule has 4 rings (SSSR count). The van der Waals surface area contributed by atoms with Gasteiger partial charge in [0.25, 0.3) is 5.91 Å². The smallest absolute Gasteiger partial charge is 0.278 e. The summed E-state index contributed by atoms with van der Waals surface area (Å²) in [5.41, 5.74) is 3.22. The van der Waals surface area contributed by atoms with Gasteiger partial charge in [0.15, 0.2) is 12.4 Å². The number of carbonyl (C=O) groups excluding carboxylic acids is 1. The third-order valence-electron chi connectivity index (χ3n) is 4.59. The zero-order valence-electron chi connectivity index (χ0n) is 17.1. The van der Waals surface area contributed by atoms with Crippen molar-refractivity contribution in [3.8, 4) is 5.75 Å². The first-order valence-corrected chi connectivity index (χ1v) is 9.65. The number of ether oxygens (including phenoxy) is 1. The van der Waals surface area contributed by atoms with Gasteiger partial charge in [-0.15, -0.1) is 5.10 Å². The maximum absolute atomic E-state index is 13.0. The van der Waals surface area contributed by atoms with Crippen molar-refractivity contribution in [1.82, 2.24) is 24.5 Å². The summed E-state index contributed by atoms with van der Waals surface area (Å²) in [5, 5.41) is 11.1. The van der Waals surface area contributed by atoms with Crippen LogP contribution in [-0.4, -0.2) is 30.5 Å². The van der Waals surface area contributed by atoms with E-state index in [1.54, 1.807) is 29.1 Å². The molecule has 0 aliphatic carbocycles. The molecule has 9 heteroatoms. The summed E-state index contributed by atoms with van der Waals surface area (Å²) < 4.78 is 21.9. The van der Waals surface area contributed by atoms with E-state index in [2.05, 4.69) is 20.5 Å². The molecule has 0 saturated heterocycles. The van der Waals surface area contributed by atoms with Gasteiger partial charge < -0.3 is 4.74 Å². The highest BCUT2D eigenvalue weighted by molar-refractivity contribution is 6.01. The molecule has 1 N–H and O–H groups in total. The van der Waals surface area contributed by atoms with Gasteiger partial charge in [0.2, 0.25) is 5.95 Å². The molecule has 2 aromatic carbocycles. The number of aromatic nitrogens is 5. The first kappa shape index (κ1) is 20.3. The summed E-state index contributed by atoms with van der Waals surface area (Å²) in [7, 11) is 0. The third kappa shape index (κ3) is 5.13. The zero-order valence-corrected chi connectivity index (χ0v) is 17.1. The van der Waals surface area contributed by atoms with Crippen molar-refractivity contribution in [2.24, 2.45) is 0 Å². The van der Waals surface area contributed by atoms with E-state index in [0.717, 1.165) is 22.4 Å². The van der Waals surface area contributed by atoms with Gasteiger partial charge in [0, 0.05) is 6.20 Å². The average molecular weight is 420 g/mol. The Morgan fingerprint density at radius 1 is 1.06 bits per heavy atom. The molecule has 0 aliphatic rings. The van der Waals surface area contributed by atoms with Crippen LogP contribution in [0.5, 0.6) is 5.75 Å². The lowest BCUT2D eigenvalue weighted by Gasteiger charge is -2.09. The standard InChI is InChI=1S/C22H21FN6O2/c1-15-3-4-16(2)20(11-15)31-14-28-10-9-19(26-28)21(30)25-22-24-13-29(27-22)12-17-5-7-18(23)8-6-17/h3-11,13H,12,14H2,1-2H3,(H,25,27,30). The largest absolute Gasteiger partial charge is 0.471 e. The maximum atomic E-state index is 13.0. The van der Waals surface area contributed by atoms with E-state index in [-0.39, 0.29) is 24.2 Å². The van der Waals surface area contributed by atoms with Gasteiger partial charge in [0.1, 0.15) is 17.9 Å². The van der Waals surface area contributed by atoms with E-state index in [0.29, 0.717) is 6.54 Å². The first-order chi connectivity index (χ1) is 15.0. The van der Waals surface area contributed by atoms with Crippen LogP contribution >= 0.6 is 0 Å². The third-order valence-corrected chi connectivity index (χ3v) is 4.59. The zero-order chi connectivity index (χ0) is 21.8. The van der Waals surface area contributed by atoms with Gasteiger partial charge in [-0.05, 0) is 54.8 Å². The van der Waals surface area contributed by atoms with Gasteiger partial charge in [-0.3, -0.25) is 10.1 Å². The highest BCUT2D eigenvalue weighted by Gasteiger charge is 2.13. The van der Waals surface area contributed by atoms with Gasteiger partial charge in [-0.1, -0.05) is 24.3 Å². The fourth-order valence-corrected chi connectivity index (χ4v) is 2.92. The Hall–Kier alpha value is -4.01. The van der Waals surface area contributed by atoms with E-state index in [9.17, 15) is 9.18 Å². The number of rotatable bonds is 7. The molecule has 0 spiro atoms. The van der Waals surface area contributed by atoms with Crippen molar-refractivity contribution in [3.05, 3.63) is 89.3 Å². The Kier molecular flexibility index (Phi) is 5.74. The van der Waals surface area contributed by atoms with E-state index in [4.69, 9.17) is 4.74 Å². The van der Waals surface area contributed by atoms with Gasteiger partial charge in [-0.25, -0.2) is 18.7 Å². The molecular weight excluding hydrogens is 399 g/mol. The molecule has 31 heavy (non-hydrogen) atoms. The summed E-state index contributed by atoms with van der Waals surface area (Å²) in [5.74, 6) is 0.213. The normalized spacial score (nSPS) is 10.8. The number of hydrogen-bond acceptors (Lipinski definition) is 5. The van der Waals surface area contributed by atoms with Crippen molar-refractivity contribution >= 4 is 11.9 Å². The summed E-state index contributed by atoms with van der Waals surface area (Å²) in [6.07, 6.45) is 3.16. The molecule has 8 nitrogen and oxygen atoms in total. The minimum atomic E-state index is -0.426. The Morgan fingerprint density at radius 3 is 2.68 bits per heavy atom. The lowest BCUT2D eigenvalue weighted by atomic mass is 10.1. The van der Waals surface area contributed by atoms with E-state index >= 15 is 0 Å². The molecule has 0 radical (unpaired) electrons. The fourth-order valence-electron chi connectivity index (χ4n) is 2.92. The molecule has 0 bridgehead atoms. The van der Waals surface area contributed by atoms with Crippen LogP contribution in [0.1, 0.15) is 27.2 Å². The summed E-state index contributed by atoms with van der Waals surface area (Å²) in [4.78, 5) is 16.5. The van der Waals surface area contributed by atoms with Crippen molar-refractivity contribution in [1.29, 1.82) is 0 Å². The topological polar surface area (TPSA) is 86.9 Å². The highest BCUT2D eigenvalue weighted by atomic mass is 19.1. The number of nitrogens with zero attached hydrogens (tertiary/aromatic N) is 5. The van der Waals surface area contributed by atoms with Crippen molar-refractivity contribution in [2.75, 3.05) is 5.32 Å². The molecule has 2 aromatic heterocycles. The van der Waals surface area contributed by atoms with Crippen LogP contribution in [0.25, 0.3) is 0 Å². The number of anilines is 1. The monoisotopic (exact) mass is 420 g/mol. The van der Waals surface area contributed by atoms with E-state index < -0.39 is 5.91 Å². The quantitative estimate of drug-likeness (QED) is 0.494. The Morgan fingerprint density at radius 2 is 1.87 bits per heavy atom. The minimum absolute atomic E-state index is 0.160. The van der Waals surface area contributed by atoms with Crippen LogP contribution in [0.4, 0.5) is 10.3 Å². The second-order valence-corrected chi connectivity index (χ2v) is 7.13. The molecule has 0 atom stereocenters. The maximum Gasteiger partial charge on any atom is 0.278 e. The van der Waals surface area contributed by atoms with Crippen molar-refractivity contribution in [2.45, 2.75) is 27.1 Å². The Bertz CT molecular complexity index is 1200. The fraction of sp³-hybridized carbons (Fsp3) is 0.182. The van der Waals surface area contributed by atoms with Crippen LogP contribution in [0.15, 0.2) is 61.1 Å². The van der Waals surface area contributed by atoms with E-state index in [1.807, 2.05) is 32.0 Å². The van der Waals surface area contributed by atoms with Gasteiger partial charge in [0.05, 0.1) is 6.54 Å². The van der Waals surface area contributed by atoms with Gasteiger partial charge in [-0.2, -0.15) is 5.10 Å². The lowest BCUT2D eigenvalue weighted by Crippen LogP contribution is -2.15. The summed E-state index contributed by atoms with van der Waals surface area (Å²) in [6, 6.07) is 13.7. The first-order valence-electron chi connectivity index (χ1n) is 9.65. The molecule has 0 aliphatic heterocycles. The second kappa shape index (κ2) is 8.78. The average Bonchev–Trinajstić information content (AvgIpc) is 3.40. The second-order valence-electron chi connectivity index (χ2n) is 7.13.